The second kappa shape index (κ2) is 6.01. The van der Waals surface area contributed by atoms with Gasteiger partial charge in [0.25, 0.3) is 0 Å². The van der Waals surface area contributed by atoms with Gasteiger partial charge in [-0.05, 0) is 46.5 Å². The highest BCUT2D eigenvalue weighted by Crippen LogP contribution is 2.23. The summed E-state index contributed by atoms with van der Waals surface area (Å²) in [6.45, 7) is 0. The van der Waals surface area contributed by atoms with Crippen molar-refractivity contribution in [3.63, 3.8) is 0 Å². The van der Waals surface area contributed by atoms with E-state index in [2.05, 4.69) is 21.3 Å². The summed E-state index contributed by atoms with van der Waals surface area (Å²) in [4.78, 5) is 0. The van der Waals surface area contributed by atoms with Crippen LogP contribution in [0.1, 0.15) is 11.1 Å². The summed E-state index contributed by atoms with van der Waals surface area (Å²) in [6, 6.07) is 7.78. The lowest BCUT2D eigenvalue weighted by Gasteiger charge is -2.11. The molecule has 0 amide bonds. The van der Waals surface area contributed by atoms with Crippen LogP contribution in [-0.2, 0) is 12.8 Å². The molecule has 1 atom stereocenters. The fraction of sp³-hybridized carbons (Fsp3) is 0.231. The summed E-state index contributed by atoms with van der Waals surface area (Å²) >= 11 is 11.1. The largest absolute Gasteiger partial charge is 0.392 e. The number of rotatable bonds is 4. The molecule has 2 rings (SSSR count). The minimum Gasteiger partial charge on any atom is -0.392 e. The van der Waals surface area contributed by atoms with Gasteiger partial charge in [-0.15, -0.1) is 0 Å². The van der Waals surface area contributed by atoms with Crippen LogP contribution in [0.5, 0.6) is 0 Å². The molecule has 1 aromatic heterocycles. The van der Waals surface area contributed by atoms with E-state index in [1.54, 1.807) is 11.3 Å². The van der Waals surface area contributed by atoms with E-state index in [1.807, 2.05) is 29.6 Å². The average Bonchev–Trinajstić information content (AvgIpc) is 2.75. The molecule has 0 spiro atoms. The minimum absolute atomic E-state index is 0.386. The molecule has 0 radical (unpaired) electrons. The van der Waals surface area contributed by atoms with Crippen LogP contribution in [0.15, 0.2) is 39.5 Å². The van der Waals surface area contributed by atoms with Gasteiger partial charge in [0.15, 0.2) is 0 Å². The van der Waals surface area contributed by atoms with E-state index in [4.69, 9.17) is 11.6 Å². The van der Waals surface area contributed by atoms with E-state index in [1.165, 1.54) is 5.56 Å². The molecule has 2 aromatic rings. The standard InChI is InChI=1S/C13H12BrClOS/c14-11-2-1-10(13(15)7-11)6-12(16)5-9-3-4-17-8-9/h1-4,7-8,12,16H,5-6H2. The third-order valence-corrected chi connectivity index (χ3v) is 4.10. The first kappa shape index (κ1) is 13.1. The van der Waals surface area contributed by atoms with Gasteiger partial charge in [-0.3, -0.25) is 0 Å². The van der Waals surface area contributed by atoms with Gasteiger partial charge in [-0.2, -0.15) is 11.3 Å². The molecule has 1 nitrogen and oxygen atoms in total. The van der Waals surface area contributed by atoms with Crippen molar-refractivity contribution in [2.45, 2.75) is 18.9 Å². The Kier molecular flexibility index (Phi) is 4.62. The molecule has 1 unspecified atom stereocenters. The van der Waals surface area contributed by atoms with Gasteiger partial charge in [0.2, 0.25) is 0 Å². The fourth-order valence-electron chi connectivity index (χ4n) is 1.69. The van der Waals surface area contributed by atoms with Gasteiger partial charge in [-0.25, -0.2) is 0 Å². The zero-order valence-corrected chi connectivity index (χ0v) is 12.2. The summed E-state index contributed by atoms with van der Waals surface area (Å²) in [5.74, 6) is 0. The molecular weight excluding hydrogens is 320 g/mol. The molecule has 0 bridgehead atoms. The van der Waals surface area contributed by atoms with E-state index in [0.29, 0.717) is 17.9 Å². The van der Waals surface area contributed by atoms with Crippen molar-refractivity contribution >= 4 is 38.9 Å². The highest BCUT2D eigenvalue weighted by Gasteiger charge is 2.10. The zero-order chi connectivity index (χ0) is 12.3. The molecule has 0 aliphatic heterocycles. The Morgan fingerprint density at radius 3 is 2.76 bits per heavy atom. The number of benzene rings is 1. The quantitative estimate of drug-likeness (QED) is 0.885. The normalized spacial score (nSPS) is 12.6. The number of hydrogen-bond acceptors (Lipinski definition) is 2. The van der Waals surface area contributed by atoms with Gasteiger partial charge >= 0.3 is 0 Å². The van der Waals surface area contributed by atoms with Crippen LogP contribution in [0.3, 0.4) is 0 Å². The van der Waals surface area contributed by atoms with Crippen LogP contribution in [0.4, 0.5) is 0 Å². The summed E-state index contributed by atoms with van der Waals surface area (Å²) in [6.07, 6.45) is 0.876. The van der Waals surface area contributed by atoms with E-state index in [9.17, 15) is 5.11 Å². The van der Waals surface area contributed by atoms with Gasteiger partial charge in [-0.1, -0.05) is 33.6 Å². The third-order valence-electron chi connectivity index (χ3n) is 2.52. The molecule has 0 fully saturated rings. The molecule has 4 heteroatoms. The van der Waals surface area contributed by atoms with Crippen LogP contribution in [0, 0.1) is 0 Å². The SMILES string of the molecule is OC(Cc1ccsc1)Cc1ccc(Br)cc1Cl. The Hall–Kier alpha value is -0.350. The smallest absolute Gasteiger partial charge is 0.0621 e. The molecule has 0 saturated heterocycles. The molecule has 90 valence electrons. The Morgan fingerprint density at radius 2 is 2.12 bits per heavy atom. The van der Waals surface area contributed by atoms with E-state index >= 15 is 0 Å². The van der Waals surface area contributed by atoms with Crippen molar-refractivity contribution in [3.8, 4) is 0 Å². The first-order valence-electron chi connectivity index (χ1n) is 5.28. The van der Waals surface area contributed by atoms with Gasteiger partial charge < -0.3 is 5.11 Å². The first-order valence-corrected chi connectivity index (χ1v) is 7.39. The number of halogens is 2. The average molecular weight is 332 g/mol. The lowest BCUT2D eigenvalue weighted by atomic mass is 10.0. The van der Waals surface area contributed by atoms with Crippen molar-refractivity contribution in [1.29, 1.82) is 0 Å². The maximum atomic E-state index is 10.0. The highest BCUT2D eigenvalue weighted by molar-refractivity contribution is 9.10. The number of thiophene rings is 1. The molecular formula is C13H12BrClOS. The van der Waals surface area contributed by atoms with Crippen LogP contribution >= 0.6 is 38.9 Å². The second-order valence-corrected chi connectivity index (χ2v) is 6.03. The summed E-state index contributed by atoms with van der Waals surface area (Å²) in [7, 11) is 0. The van der Waals surface area contributed by atoms with Crippen molar-refractivity contribution in [2.75, 3.05) is 0 Å². The highest BCUT2D eigenvalue weighted by atomic mass is 79.9. The number of aliphatic hydroxyl groups excluding tert-OH is 1. The maximum Gasteiger partial charge on any atom is 0.0621 e. The van der Waals surface area contributed by atoms with Crippen molar-refractivity contribution in [3.05, 3.63) is 55.6 Å². The van der Waals surface area contributed by atoms with Crippen molar-refractivity contribution in [2.24, 2.45) is 0 Å². The Morgan fingerprint density at radius 1 is 1.29 bits per heavy atom. The Balaban J connectivity index is 2.00. The van der Waals surface area contributed by atoms with E-state index < -0.39 is 0 Å². The molecule has 0 saturated carbocycles. The number of hydrogen-bond donors (Lipinski definition) is 1. The predicted octanol–water partition coefficient (Wildman–Crippen LogP) is 4.31. The van der Waals surface area contributed by atoms with Gasteiger partial charge in [0.1, 0.15) is 0 Å². The van der Waals surface area contributed by atoms with Crippen LogP contribution in [0.2, 0.25) is 5.02 Å². The van der Waals surface area contributed by atoms with Crippen LogP contribution in [-0.4, -0.2) is 11.2 Å². The van der Waals surface area contributed by atoms with E-state index in [-0.39, 0.29) is 6.10 Å². The third kappa shape index (κ3) is 3.81. The molecule has 1 aromatic carbocycles. The molecule has 0 aliphatic rings. The first-order chi connectivity index (χ1) is 8.15. The maximum absolute atomic E-state index is 10.0. The van der Waals surface area contributed by atoms with Gasteiger partial charge in [0, 0.05) is 15.9 Å². The van der Waals surface area contributed by atoms with Crippen LogP contribution < -0.4 is 0 Å². The fourth-order valence-corrected chi connectivity index (χ4v) is 3.13. The molecule has 1 heterocycles. The monoisotopic (exact) mass is 330 g/mol. The molecule has 0 aliphatic carbocycles. The second-order valence-electron chi connectivity index (χ2n) is 3.93. The van der Waals surface area contributed by atoms with Crippen molar-refractivity contribution in [1.82, 2.24) is 0 Å². The Bertz CT molecular complexity index is 484. The zero-order valence-electron chi connectivity index (χ0n) is 9.07. The summed E-state index contributed by atoms with van der Waals surface area (Å²) < 4.78 is 0.957. The summed E-state index contributed by atoms with van der Waals surface area (Å²) in [5, 5.41) is 14.8. The number of aliphatic hydroxyl groups is 1. The lowest BCUT2D eigenvalue weighted by molar-refractivity contribution is 0.175. The lowest BCUT2D eigenvalue weighted by Crippen LogP contribution is -2.13. The minimum atomic E-state index is -0.386. The summed E-state index contributed by atoms with van der Waals surface area (Å²) in [5.41, 5.74) is 2.16. The van der Waals surface area contributed by atoms with Crippen LogP contribution in [0.25, 0.3) is 0 Å². The van der Waals surface area contributed by atoms with E-state index in [0.717, 1.165) is 10.0 Å². The Labute approximate surface area is 118 Å². The topological polar surface area (TPSA) is 20.2 Å². The predicted molar refractivity (Wildman–Crippen MR) is 76.9 cm³/mol. The van der Waals surface area contributed by atoms with Crippen molar-refractivity contribution < 1.29 is 5.11 Å². The van der Waals surface area contributed by atoms with Gasteiger partial charge in [0.05, 0.1) is 6.10 Å². The molecule has 17 heavy (non-hydrogen) atoms. The molecule has 1 N–H and O–H groups in total.